The maximum absolute atomic E-state index is 12.5. The van der Waals surface area contributed by atoms with Crippen LogP contribution in [0, 0.1) is 5.92 Å². The van der Waals surface area contributed by atoms with Gasteiger partial charge in [-0.25, -0.2) is 0 Å². The van der Waals surface area contributed by atoms with Crippen LogP contribution >= 0.6 is 0 Å². The smallest absolute Gasteiger partial charge is 0.243 e. The number of nitrogens with one attached hydrogen (secondary N) is 3. The molecule has 0 radical (unpaired) electrons. The molecular formula is C15H26N4O4. The highest BCUT2D eigenvalue weighted by atomic mass is 16.2. The molecule has 0 aromatic heterocycles. The van der Waals surface area contributed by atoms with Crippen LogP contribution in [0.25, 0.3) is 0 Å². The molecule has 1 heterocycles. The van der Waals surface area contributed by atoms with Gasteiger partial charge in [0.1, 0.15) is 12.1 Å². The van der Waals surface area contributed by atoms with Crippen LogP contribution in [-0.2, 0) is 19.2 Å². The van der Waals surface area contributed by atoms with Gasteiger partial charge in [-0.05, 0) is 18.8 Å². The monoisotopic (exact) mass is 326 g/mol. The maximum atomic E-state index is 12.5. The minimum Gasteiger partial charge on any atom is -0.357 e. The molecule has 8 heteroatoms. The van der Waals surface area contributed by atoms with Crippen molar-refractivity contribution >= 4 is 23.6 Å². The minimum atomic E-state index is -0.639. The predicted molar refractivity (Wildman–Crippen MR) is 84.3 cm³/mol. The summed E-state index contributed by atoms with van der Waals surface area (Å²) in [6.45, 7) is 5.37. The van der Waals surface area contributed by atoms with Crippen LogP contribution in [0.5, 0.6) is 0 Å². The Morgan fingerprint density at radius 1 is 1.22 bits per heavy atom. The summed E-state index contributed by atoms with van der Waals surface area (Å²) in [6, 6.07) is -1.23. The van der Waals surface area contributed by atoms with Crippen LogP contribution in [-0.4, -0.2) is 60.7 Å². The summed E-state index contributed by atoms with van der Waals surface area (Å²) in [4.78, 5) is 48.8. The van der Waals surface area contributed by atoms with Crippen molar-refractivity contribution in [2.75, 3.05) is 20.1 Å². The van der Waals surface area contributed by atoms with E-state index in [0.717, 1.165) is 6.42 Å². The van der Waals surface area contributed by atoms with Gasteiger partial charge in [0.15, 0.2) is 0 Å². The number of carbonyl (C=O) groups excluding carboxylic acids is 4. The van der Waals surface area contributed by atoms with Crippen LogP contribution < -0.4 is 16.0 Å². The highest BCUT2D eigenvalue weighted by Crippen LogP contribution is 2.18. The number of amides is 4. The van der Waals surface area contributed by atoms with Crippen molar-refractivity contribution in [2.24, 2.45) is 5.92 Å². The largest absolute Gasteiger partial charge is 0.357 e. The Bertz CT molecular complexity index is 478. The topological polar surface area (TPSA) is 108 Å². The predicted octanol–water partition coefficient (Wildman–Crippen LogP) is -1.000. The quantitative estimate of drug-likeness (QED) is 0.582. The molecule has 1 unspecified atom stereocenters. The summed E-state index contributed by atoms with van der Waals surface area (Å²) in [5.74, 6) is -1.25. The first-order chi connectivity index (χ1) is 10.8. The zero-order valence-corrected chi connectivity index (χ0v) is 14.1. The number of carbonyl (C=O) groups is 4. The van der Waals surface area contributed by atoms with Crippen LogP contribution in [0.3, 0.4) is 0 Å². The van der Waals surface area contributed by atoms with E-state index >= 15 is 0 Å². The first-order valence-corrected chi connectivity index (χ1v) is 7.83. The molecule has 1 saturated heterocycles. The summed E-state index contributed by atoms with van der Waals surface area (Å²) in [6.07, 6.45) is 1.27. The molecule has 0 aliphatic carbocycles. The van der Waals surface area contributed by atoms with E-state index in [-0.39, 0.29) is 36.1 Å². The van der Waals surface area contributed by atoms with Crippen LogP contribution in [0.1, 0.15) is 33.6 Å². The van der Waals surface area contributed by atoms with E-state index in [1.807, 2.05) is 13.8 Å². The highest BCUT2D eigenvalue weighted by Gasteiger charge is 2.36. The molecule has 1 aliphatic heterocycles. The van der Waals surface area contributed by atoms with Crippen molar-refractivity contribution < 1.29 is 19.2 Å². The first-order valence-electron chi connectivity index (χ1n) is 7.83. The van der Waals surface area contributed by atoms with Gasteiger partial charge in [-0.3, -0.25) is 19.2 Å². The first kappa shape index (κ1) is 18.9. The summed E-state index contributed by atoms with van der Waals surface area (Å²) in [7, 11) is 1.52. The van der Waals surface area contributed by atoms with E-state index < -0.39 is 12.1 Å². The zero-order chi connectivity index (χ0) is 17.6. The Morgan fingerprint density at radius 3 is 2.39 bits per heavy atom. The van der Waals surface area contributed by atoms with E-state index in [0.29, 0.717) is 13.0 Å². The van der Waals surface area contributed by atoms with Crippen LogP contribution in [0.15, 0.2) is 0 Å². The Morgan fingerprint density at radius 2 is 1.87 bits per heavy atom. The molecule has 0 aromatic rings. The third-order valence-electron chi connectivity index (χ3n) is 3.86. The summed E-state index contributed by atoms with van der Waals surface area (Å²) in [5.41, 5.74) is 0. The van der Waals surface area contributed by atoms with E-state index in [4.69, 9.17) is 0 Å². The molecule has 3 N–H and O–H groups in total. The second-order valence-electron chi connectivity index (χ2n) is 6.00. The molecule has 1 rings (SSSR count). The Balaban J connectivity index is 2.71. The molecule has 8 nitrogen and oxygen atoms in total. The van der Waals surface area contributed by atoms with Crippen molar-refractivity contribution in [3.05, 3.63) is 0 Å². The van der Waals surface area contributed by atoms with E-state index in [2.05, 4.69) is 16.0 Å². The number of likely N-dealkylation sites (N-methyl/N-ethyl adjacent to an activating group) is 1. The second kappa shape index (κ2) is 8.50. The fourth-order valence-corrected chi connectivity index (χ4v) is 2.58. The lowest BCUT2D eigenvalue weighted by Crippen LogP contribution is -2.55. The average Bonchev–Trinajstić information content (AvgIpc) is 2.98. The van der Waals surface area contributed by atoms with Crippen LogP contribution in [0.4, 0.5) is 0 Å². The molecule has 1 fully saturated rings. The number of hydrogen-bond donors (Lipinski definition) is 3. The molecule has 2 atom stereocenters. The maximum Gasteiger partial charge on any atom is 0.243 e. The van der Waals surface area contributed by atoms with E-state index in [1.54, 1.807) is 0 Å². The standard InChI is InChI=1S/C15H26N4O4/c1-9(2)13(15(23)16-4)18-14(22)11-6-5-7-19(11)12(21)8-17-10(3)20/h9,11,13H,5-8H2,1-4H3,(H,16,23)(H,17,20)(H,18,22)/t11?,13-/m0/s1. The van der Waals surface area contributed by atoms with Crippen molar-refractivity contribution in [1.82, 2.24) is 20.9 Å². The molecule has 0 spiro atoms. The van der Waals surface area contributed by atoms with Gasteiger partial charge in [-0.1, -0.05) is 13.8 Å². The Labute approximate surface area is 136 Å². The number of hydrogen-bond acceptors (Lipinski definition) is 4. The lowest BCUT2D eigenvalue weighted by Gasteiger charge is -2.27. The van der Waals surface area contributed by atoms with Gasteiger partial charge in [0.05, 0.1) is 6.54 Å². The van der Waals surface area contributed by atoms with Crippen molar-refractivity contribution in [3.63, 3.8) is 0 Å². The Hall–Kier alpha value is -2.12. The number of nitrogens with zero attached hydrogens (tertiary/aromatic N) is 1. The van der Waals surface area contributed by atoms with Crippen molar-refractivity contribution in [1.29, 1.82) is 0 Å². The normalized spacial score (nSPS) is 18.5. The molecule has 0 saturated carbocycles. The average molecular weight is 326 g/mol. The fourth-order valence-electron chi connectivity index (χ4n) is 2.58. The number of rotatable bonds is 6. The molecule has 130 valence electrons. The van der Waals surface area contributed by atoms with Gasteiger partial charge in [0, 0.05) is 20.5 Å². The number of likely N-dealkylation sites (tertiary alicyclic amines) is 1. The van der Waals surface area contributed by atoms with Gasteiger partial charge in [0.2, 0.25) is 23.6 Å². The van der Waals surface area contributed by atoms with E-state index in [9.17, 15) is 19.2 Å². The molecule has 4 amide bonds. The fraction of sp³-hybridized carbons (Fsp3) is 0.733. The second-order valence-corrected chi connectivity index (χ2v) is 6.00. The molecule has 23 heavy (non-hydrogen) atoms. The summed E-state index contributed by atoms with van der Waals surface area (Å²) >= 11 is 0. The minimum absolute atomic E-state index is 0.0659. The van der Waals surface area contributed by atoms with Crippen LogP contribution in [0.2, 0.25) is 0 Å². The lowest BCUT2D eigenvalue weighted by atomic mass is 10.0. The third kappa shape index (κ3) is 5.22. The van der Waals surface area contributed by atoms with Gasteiger partial charge in [-0.2, -0.15) is 0 Å². The lowest BCUT2D eigenvalue weighted by molar-refractivity contribution is -0.139. The summed E-state index contributed by atoms with van der Waals surface area (Å²) < 4.78 is 0. The molecule has 1 aliphatic rings. The van der Waals surface area contributed by atoms with Gasteiger partial charge in [-0.15, -0.1) is 0 Å². The molecule has 0 bridgehead atoms. The van der Waals surface area contributed by atoms with Crippen molar-refractivity contribution in [2.45, 2.75) is 45.7 Å². The third-order valence-corrected chi connectivity index (χ3v) is 3.86. The van der Waals surface area contributed by atoms with Gasteiger partial charge < -0.3 is 20.9 Å². The highest BCUT2D eigenvalue weighted by molar-refractivity contribution is 5.93. The van der Waals surface area contributed by atoms with E-state index in [1.165, 1.54) is 18.9 Å². The summed E-state index contributed by atoms with van der Waals surface area (Å²) in [5, 5.41) is 7.70. The SMILES string of the molecule is CNC(=O)[C@@H](NC(=O)C1CCCN1C(=O)CNC(C)=O)C(C)C. The molecule has 0 aromatic carbocycles. The Kier molecular flexibility index (Phi) is 6.99. The molecular weight excluding hydrogens is 300 g/mol. The van der Waals surface area contributed by atoms with Gasteiger partial charge >= 0.3 is 0 Å². The van der Waals surface area contributed by atoms with Crippen molar-refractivity contribution in [3.8, 4) is 0 Å². The zero-order valence-electron chi connectivity index (χ0n) is 14.1. The van der Waals surface area contributed by atoms with Gasteiger partial charge in [0.25, 0.3) is 0 Å².